The van der Waals surface area contributed by atoms with Crippen molar-refractivity contribution in [2.75, 3.05) is 0 Å². The van der Waals surface area contributed by atoms with E-state index in [1.807, 2.05) is 6.08 Å². The molecule has 0 heterocycles. The molecule has 1 amide bonds. The molecule has 1 aromatic rings. The molecule has 0 aromatic heterocycles. The number of benzene rings is 1. The first kappa shape index (κ1) is 13.3. The molecule has 100 valence electrons. The summed E-state index contributed by atoms with van der Waals surface area (Å²) in [6, 6.07) is 6.39. The molecule has 0 spiro atoms. The van der Waals surface area contributed by atoms with Gasteiger partial charge in [0, 0.05) is 5.57 Å². The van der Waals surface area contributed by atoms with E-state index < -0.39 is 0 Å². The van der Waals surface area contributed by atoms with Gasteiger partial charge in [0.05, 0.1) is 0 Å². The predicted molar refractivity (Wildman–Crippen MR) is 77.5 cm³/mol. The molecule has 0 bridgehead atoms. The van der Waals surface area contributed by atoms with Crippen LogP contribution in [0.5, 0.6) is 0 Å². The van der Waals surface area contributed by atoms with Crippen molar-refractivity contribution >= 4 is 18.3 Å². The van der Waals surface area contributed by atoms with Gasteiger partial charge >= 0.3 is 0 Å². The molecule has 0 saturated heterocycles. The quantitative estimate of drug-likeness (QED) is 0.368. The van der Waals surface area contributed by atoms with Crippen LogP contribution in [0.2, 0.25) is 0 Å². The number of rotatable bonds is 2. The van der Waals surface area contributed by atoms with Gasteiger partial charge in [0.15, 0.2) is 0 Å². The van der Waals surface area contributed by atoms with Crippen molar-refractivity contribution in [2.24, 2.45) is 16.9 Å². The molecule has 1 aliphatic rings. The summed E-state index contributed by atoms with van der Waals surface area (Å²) in [5.41, 5.74) is 4.42. The van der Waals surface area contributed by atoms with Crippen molar-refractivity contribution in [3.8, 4) is 0 Å². The zero-order valence-corrected chi connectivity index (χ0v) is 11.3. The van der Waals surface area contributed by atoms with Gasteiger partial charge in [-0.3, -0.25) is 4.79 Å². The fourth-order valence-corrected chi connectivity index (χ4v) is 2.38. The maximum Gasteiger partial charge on any atom is 0.252 e. The van der Waals surface area contributed by atoms with Crippen LogP contribution in [0.4, 0.5) is 0 Å². The van der Waals surface area contributed by atoms with Gasteiger partial charge in [0.1, 0.15) is 6.34 Å². The summed E-state index contributed by atoms with van der Waals surface area (Å²) in [7, 11) is 0. The van der Waals surface area contributed by atoms with Crippen LogP contribution in [0.15, 0.2) is 28.9 Å². The van der Waals surface area contributed by atoms with Gasteiger partial charge in [0.2, 0.25) is 0 Å². The van der Waals surface area contributed by atoms with Crippen molar-refractivity contribution < 1.29 is 4.79 Å². The minimum Gasteiger partial charge on any atom is -0.322 e. The molecule has 4 nitrogen and oxygen atoms in total. The smallest absolute Gasteiger partial charge is 0.252 e. The van der Waals surface area contributed by atoms with Crippen molar-refractivity contribution in [1.29, 1.82) is 0 Å². The zero-order chi connectivity index (χ0) is 13.8. The highest BCUT2D eigenvalue weighted by molar-refractivity contribution is 6.03. The van der Waals surface area contributed by atoms with Crippen LogP contribution in [0.1, 0.15) is 30.0 Å². The lowest BCUT2D eigenvalue weighted by molar-refractivity contribution is -0.116. The number of hydrogen-bond donors (Lipinski definition) is 2. The lowest BCUT2D eigenvalue weighted by Crippen LogP contribution is -2.26. The Labute approximate surface area is 113 Å². The lowest BCUT2D eigenvalue weighted by Gasteiger charge is -2.11. The van der Waals surface area contributed by atoms with E-state index in [1.54, 1.807) is 0 Å². The third-order valence-electron chi connectivity index (χ3n) is 3.52. The van der Waals surface area contributed by atoms with E-state index in [0.29, 0.717) is 0 Å². The molecule has 1 aliphatic carbocycles. The molecule has 0 fully saturated rings. The second-order valence-corrected chi connectivity index (χ2v) is 4.99. The van der Waals surface area contributed by atoms with Crippen LogP contribution in [0, 0.1) is 12.8 Å². The van der Waals surface area contributed by atoms with Crippen LogP contribution >= 0.6 is 0 Å². The monoisotopic (exact) mass is 257 g/mol. The number of hydrogen-bond acceptors (Lipinski definition) is 3. The number of nitrogens with zero attached hydrogens (tertiary/aromatic N) is 1. The van der Waals surface area contributed by atoms with Gasteiger partial charge in [-0.05, 0) is 42.9 Å². The molecule has 0 aliphatic heterocycles. The summed E-state index contributed by atoms with van der Waals surface area (Å²) in [5.74, 6) is 5.10. The van der Waals surface area contributed by atoms with Crippen molar-refractivity contribution in [2.45, 2.75) is 26.7 Å². The van der Waals surface area contributed by atoms with E-state index in [-0.39, 0.29) is 11.8 Å². The Kier molecular flexibility index (Phi) is 4.00. The number of nitrogens with two attached hydrogens (primary N) is 1. The second-order valence-electron chi connectivity index (χ2n) is 4.99. The zero-order valence-electron chi connectivity index (χ0n) is 11.3. The number of carbonyl (C=O) groups excluding carboxylic acids is 1. The molecule has 1 unspecified atom stereocenters. The van der Waals surface area contributed by atoms with Crippen LogP contribution in [0.25, 0.3) is 6.08 Å². The molecular formula is C15H19N3O. The standard InChI is InChI=1S/C15H19N3O/c1-10-3-5-12-6-4-11(2)14(8-13(12)7-10)15(19)17-9-18-16/h3,5,7-9,11H,4,6,16H2,1-2H3,(H,17,18,19). The second kappa shape index (κ2) is 5.69. The number of carbonyl (C=O) groups is 1. The molecule has 3 N–H and O–H groups in total. The van der Waals surface area contributed by atoms with Crippen LogP contribution in [0.3, 0.4) is 0 Å². The lowest BCUT2D eigenvalue weighted by atomic mass is 9.96. The topological polar surface area (TPSA) is 67.5 Å². The number of nitrogens with one attached hydrogen (secondary N) is 1. The van der Waals surface area contributed by atoms with E-state index in [1.165, 1.54) is 17.5 Å². The van der Waals surface area contributed by atoms with Gasteiger partial charge < -0.3 is 11.2 Å². The number of hydrazone groups is 1. The molecular weight excluding hydrogens is 238 g/mol. The molecule has 1 atom stereocenters. The molecule has 0 saturated carbocycles. The Bertz CT molecular complexity index is 546. The summed E-state index contributed by atoms with van der Waals surface area (Å²) in [6.45, 7) is 4.13. The first-order valence-electron chi connectivity index (χ1n) is 6.45. The van der Waals surface area contributed by atoms with Crippen molar-refractivity contribution in [3.63, 3.8) is 0 Å². The van der Waals surface area contributed by atoms with Gasteiger partial charge in [0.25, 0.3) is 5.91 Å². The van der Waals surface area contributed by atoms with E-state index >= 15 is 0 Å². The minimum atomic E-state index is -0.129. The number of aryl methyl sites for hydroxylation is 2. The Balaban J connectivity index is 2.37. The van der Waals surface area contributed by atoms with Gasteiger partial charge in [-0.2, -0.15) is 5.10 Å². The summed E-state index contributed by atoms with van der Waals surface area (Å²) in [4.78, 5) is 12.1. The number of amides is 1. The predicted octanol–water partition coefficient (Wildman–Crippen LogP) is 1.98. The third-order valence-corrected chi connectivity index (χ3v) is 3.52. The third kappa shape index (κ3) is 3.02. The Morgan fingerprint density at radius 1 is 1.53 bits per heavy atom. The fraction of sp³-hybridized carbons (Fsp3) is 0.333. The summed E-state index contributed by atoms with van der Waals surface area (Å²) in [6.07, 6.45) is 5.17. The first-order chi connectivity index (χ1) is 9.11. The van der Waals surface area contributed by atoms with E-state index in [9.17, 15) is 4.79 Å². The highest BCUT2D eigenvalue weighted by Gasteiger charge is 2.20. The summed E-state index contributed by atoms with van der Waals surface area (Å²) < 4.78 is 0. The van der Waals surface area contributed by atoms with Crippen LogP contribution in [-0.2, 0) is 11.2 Å². The molecule has 2 rings (SSSR count). The molecule has 4 heteroatoms. The van der Waals surface area contributed by atoms with E-state index in [4.69, 9.17) is 5.84 Å². The SMILES string of the molecule is Cc1ccc2c(c1)C=C(C(=O)NC=NN)C(C)CC2. The highest BCUT2D eigenvalue weighted by atomic mass is 16.1. The minimum absolute atomic E-state index is 0.129. The Morgan fingerprint density at radius 3 is 3.05 bits per heavy atom. The number of fused-ring (bicyclic) bond motifs is 1. The maximum absolute atomic E-state index is 12.1. The van der Waals surface area contributed by atoms with Crippen LogP contribution in [-0.4, -0.2) is 12.2 Å². The average molecular weight is 257 g/mol. The first-order valence-corrected chi connectivity index (χ1v) is 6.45. The molecule has 1 aromatic carbocycles. The average Bonchev–Trinajstić information content (AvgIpc) is 2.55. The summed E-state index contributed by atoms with van der Waals surface area (Å²) >= 11 is 0. The fourth-order valence-electron chi connectivity index (χ4n) is 2.38. The van der Waals surface area contributed by atoms with Crippen molar-refractivity contribution in [3.05, 3.63) is 40.5 Å². The Morgan fingerprint density at radius 2 is 2.32 bits per heavy atom. The highest BCUT2D eigenvalue weighted by Crippen LogP contribution is 2.28. The summed E-state index contributed by atoms with van der Waals surface area (Å²) in [5, 5.41) is 5.88. The Hall–Kier alpha value is -2.10. The van der Waals surface area contributed by atoms with E-state index in [2.05, 4.69) is 42.5 Å². The maximum atomic E-state index is 12.1. The van der Waals surface area contributed by atoms with Gasteiger partial charge in [-0.1, -0.05) is 30.7 Å². The van der Waals surface area contributed by atoms with Gasteiger partial charge in [-0.15, -0.1) is 0 Å². The van der Waals surface area contributed by atoms with E-state index in [0.717, 1.165) is 24.0 Å². The van der Waals surface area contributed by atoms with Gasteiger partial charge in [-0.25, -0.2) is 0 Å². The van der Waals surface area contributed by atoms with Crippen molar-refractivity contribution in [1.82, 2.24) is 5.32 Å². The normalized spacial score (nSPS) is 18.6. The van der Waals surface area contributed by atoms with Crippen LogP contribution < -0.4 is 11.2 Å². The molecule has 19 heavy (non-hydrogen) atoms. The largest absolute Gasteiger partial charge is 0.322 e. The molecule has 0 radical (unpaired) electrons.